The second-order valence-corrected chi connectivity index (χ2v) is 6.68. The Labute approximate surface area is 156 Å². The first kappa shape index (κ1) is 19.2. The highest BCUT2D eigenvalue weighted by Crippen LogP contribution is 2.29. The number of hydrogen-bond acceptors (Lipinski definition) is 3. The van der Waals surface area contributed by atoms with Crippen molar-refractivity contribution in [3.05, 3.63) is 53.7 Å². The van der Waals surface area contributed by atoms with E-state index in [9.17, 15) is 18.0 Å². The molecule has 7 heteroatoms. The molecule has 0 radical (unpaired) electrons. The first-order valence-corrected chi connectivity index (χ1v) is 9.10. The Morgan fingerprint density at radius 2 is 1.93 bits per heavy atom. The Hall–Kier alpha value is -2.57. The van der Waals surface area contributed by atoms with Crippen LogP contribution in [0.3, 0.4) is 0 Å². The molecule has 1 aliphatic rings. The molecule has 0 spiro atoms. The quantitative estimate of drug-likeness (QED) is 0.804. The number of nitrogens with one attached hydrogen (secondary N) is 1. The van der Waals surface area contributed by atoms with Crippen LogP contribution < -0.4 is 10.2 Å². The van der Waals surface area contributed by atoms with Crippen LogP contribution in [0.4, 0.5) is 24.7 Å². The topological polar surface area (TPSA) is 45.2 Å². The monoisotopic (exact) mass is 377 g/mol. The van der Waals surface area contributed by atoms with Crippen LogP contribution in [0, 0.1) is 0 Å². The molecular formula is C20H22F3N3O. The van der Waals surface area contributed by atoms with Gasteiger partial charge in [-0.2, -0.15) is 13.2 Å². The van der Waals surface area contributed by atoms with Gasteiger partial charge in [0.25, 0.3) is 5.91 Å². The number of benzene rings is 1. The molecule has 1 aromatic carbocycles. The van der Waals surface area contributed by atoms with Gasteiger partial charge in [0, 0.05) is 18.2 Å². The first-order chi connectivity index (χ1) is 12.9. The number of hydrogen-bond donors (Lipinski definition) is 1. The number of nitrogens with zero attached hydrogens (tertiary/aromatic N) is 2. The highest BCUT2D eigenvalue weighted by molar-refractivity contribution is 6.03. The zero-order valence-electron chi connectivity index (χ0n) is 15.1. The average molecular weight is 377 g/mol. The lowest BCUT2D eigenvalue weighted by Crippen LogP contribution is -2.39. The second-order valence-electron chi connectivity index (χ2n) is 6.68. The van der Waals surface area contributed by atoms with Crippen LogP contribution in [-0.2, 0) is 6.18 Å². The van der Waals surface area contributed by atoms with Crippen molar-refractivity contribution >= 4 is 17.4 Å². The maximum absolute atomic E-state index is 12.6. The van der Waals surface area contributed by atoms with E-state index >= 15 is 0 Å². The van der Waals surface area contributed by atoms with Crippen molar-refractivity contribution < 1.29 is 18.0 Å². The summed E-state index contributed by atoms with van der Waals surface area (Å²) in [5, 5.41) is 2.62. The van der Waals surface area contributed by atoms with Crippen molar-refractivity contribution in [2.24, 2.45) is 0 Å². The van der Waals surface area contributed by atoms with Crippen LogP contribution in [0.2, 0.25) is 0 Å². The molecule has 2 heterocycles. The smallest absolute Gasteiger partial charge is 0.367 e. The lowest BCUT2D eigenvalue weighted by molar-refractivity contribution is -0.137. The summed E-state index contributed by atoms with van der Waals surface area (Å²) in [4.78, 5) is 18.9. The van der Waals surface area contributed by atoms with Crippen LogP contribution in [0.15, 0.2) is 42.6 Å². The summed E-state index contributed by atoms with van der Waals surface area (Å²) >= 11 is 0. The highest BCUT2D eigenvalue weighted by Gasteiger charge is 2.30. The molecule has 27 heavy (non-hydrogen) atoms. The molecule has 1 fully saturated rings. The number of piperidine rings is 1. The summed E-state index contributed by atoms with van der Waals surface area (Å²) in [6.45, 7) is 3.17. The van der Waals surface area contributed by atoms with Gasteiger partial charge >= 0.3 is 6.18 Å². The van der Waals surface area contributed by atoms with E-state index in [1.165, 1.54) is 12.8 Å². The number of aromatic nitrogens is 1. The Morgan fingerprint density at radius 3 is 2.52 bits per heavy atom. The molecule has 1 saturated heterocycles. The van der Waals surface area contributed by atoms with E-state index in [0.717, 1.165) is 49.3 Å². The number of halogens is 3. The van der Waals surface area contributed by atoms with Gasteiger partial charge in [-0.15, -0.1) is 0 Å². The third-order valence-electron chi connectivity index (χ3n) is 4.89. The molecule has 0 saturated carbocycles. The summed E-state index contributed by atoms with van der Waals surface area (Å²) in [6.07, 6.45) is 1.95. The van der Waals surface area contributed by atoms with Gasteiger partial charge < -0.3 is 10.2 Å². The lowest BCUT2D eigenvalue weighted by atomic mass is 9.99. The molecule has 0 aliphatic carbocycles. The molecule has 1 N–H and O–H groups in total. The number of alkyl halides is 3. The van der Waals surface area contributed by atoms with Gasteiger partial charge in [0.05, 0.1) is 17.4 Å². The van der Waals surface area contributed by atoms with Crippen LogP contribution in [0.5, 0.6) is 0 Å². The van der Waals surface area contributed by atoms with Crippen molar-refractivity contribution in [2.75, 3.05) is 16.8 Å². The number of carbonyl (C=O) groups excluding carboxylic acids is 1. The Kier molecular flexibility index (Phi) is 5.68. The average Bonchev–Trinajstić information content (AvgIpc) is 2.68. The molecule has 3 rings (SSSR count). The van der Waals surface area contributed by atoms with Crippen LogP contribution >= 0.6 is 0 Å². The second kappa shape index (κ2) is 7.98. The van der Waals surface area contributed by atoms with Gasteiger partial charge in [-0.05, 0) is 62.1 Å². The maximum atomic E-state index is 12.6. The van der Waals surface area contributed by atoms with Crippen molar-refractivity contribution in [3.63, 3.8) is 0 Å². The summed E-state index contributed by atoms with van der Waals surface area (Å²) in [5.41, 5.74) is 0.388. The van der Waals surface area contributed by atoms with E-state index in [4.69, 9.17) is 0 Å². The molecule has 1 unspecified atom stereocenters. The number of pyridine rings is 1. The standard InChI is InChI=1S/C20H22F3N3O/c1-2-16-5-3-4-12-26(16)17-10-11-18(24-13-17)25-19(27)14-6-8-15(9-7-14)20(21,22)23/h6-11,13,16H,2-5,12H2,1H3,(H,24,25,27). The SMILES string of the molecule is CCC1CCCCN1c1ccc(NC(=O)c2ccc(C(F)(F)F)cc2)nc1. The maximum Gasteiger partial charge on any atom is 0.416 e. The molecule has 1 aliphatic heterocycles. The largest absolute Gasteiger partial charge is 0.416 e. The molecule has 144 valence electrons. The van der Waals surface area contributed by atoms with E-state index in [1.807, 2.05) is 6.07 Å². The molecule has 4 nitrogen and oxygen atoms in total. The van der Waals surface area contributed by atoms with Crippen LogP contribution in [0.25, 0.3) is 0 Å². The van der Waals surface area contributed by atoms with Crippen LogP contribution in [0.1, 0.15) is 48.5 Å². The zero-order valence-corrected chi connectivity index (χ0v) is 15.1. The molecule has 1 atom stereocenters. The fourth-order valence-electron chi connectivity index (χ4n) is 3.39. The van der Waals surface area contributed by atoms with Gasteiger partial charge in [-0.3, -0.25) is 4.79 Å². The van der Waals surface area contributed by atoms with Crippen molar-refractivity contribution in [1.29, 1.82) is 0 Å². The molecule has 1 aromatic heterocycles. The van der Waals surface area contributed by atoms with E-state index in [2.05, 4.69) is 22.1 Å². The minimum Gasteiger partial charge on any atom is -0.367 e. The molecule has 1 amide bonds. The van der Waals surface area contributed by atoms with Gasteiger partial charge in [0.15, 0.2) is 0 Å². The van der Waals surface area contributed by atoms with E-state index in [0.29, 0.717) is 11.9 Å². The molecule has 2 aromatic rings. The van der Waals surface area contributed by atoms with Crippen LogP contribution in [-0.4, -0.2) is 23.5 Å². The summed E-state index contributed by atoms with van der Waals surface area (Å²) < 4.78 is 37.8. The van der Waals surface area contributed by atoms with E-state index in [1.54, 1.807) is 12.3 Å². The van der Waals surface area contributed by atoms with E-state index in [-0.39, 0.29) is 5.56 Å². The predicted molar refractivity (Wildman–Crippen MR) is 98.9 cm³/mol. The van der Waals surface area contributed by atoms with Gasteiger partial charge in [-0.1, -0.05) is 6.92 Å². The van der Waals surface area contributed by atoms with E-state index < -0.39 is 17.6 Å². The Morgan fingerprint density at radius 1 is 1.19 bits per heavy atom. The van der Waals surface area contributed by atoms with Gasteiger partial charge in [-0.25, -0.2) is 4.98 Å². The van der Waals surface area contributed by atoms with Crippen molar-refractivity contribution in [1.82, 2.24) is 4.98 Å². The summed E-state index contributed by atoms with van der Waals surface area (Å²) in [6, 6.07) is 8.26. The van der Waals surface area contributed by atoms with Crippen molar-refractivity contribution in [2.45, 2.75) is 44.8 Å². The molecular weight excluding hydrogens is 355 g/mol. The fourth-order valence-corrected chi connectivity index (χ4v) is 3.39. The predicted octanol–water partition coefficient (Wildman–Crippen LogP) is 5.12. The number of anilines is 2. The zero-order chi connectivity index (χ0) is 19.4. The minimum absolute atomic E-state index is 0.149. The Bertz CT molecular complexity index is 773. The Balaban J connectivity index is 1.66. The first-order valence-electron chi connectivity index (χ1n) is 9.10. The molecule has 0 bridgehead atoms. The third kappa shape index (κ3) is 4.59. The van der Waals surface area contributed by atoms with Gasteiger partial charge in [0.2, 0.25) is 0 Å². The summed E-state index contributed by atoms with van der Waals surface area (Å²) in [7, 11) is 0. The fraction of sp³-hybridized carbons (Fsp3) is 0.400. The normalized spacial score (nSPS) is 17.6. The summed E-state index contributed by atoms with van der Waals surface area (Å²) in [5.74, 6) is -0.123. The number of amides is 1. The minimum atomic E-state index is -4.42. The number of rotatable bonds is 4. The van der Waals surface area contributed by atoms with Gasteiger partial charge in [0.1, 0.15) is 5.82 Å². The number of carbonyl (C=O) groups is 1. The lowest BCUT2D eigenvalue weighted by Gasteiger charge is -2.37. The highest BCUT2D eigenvalue weighted by atomic mass is 19.4. The third-order valence-corrected chi connectivity index (χ3v) is 4.89. The van der Waals surface area contributed by atoms with Crippen molar-refractivity contribution in [3.8, 4) is 0 Å².